The highest BCUT2D eigenvalue weighted by molar-refractivity contribution is 5.87. The van der Waals surface area contributed by atoms with Crippen molar-refractivity contribution in [2.45, 2.75) is 70.8 Å². The van der Waals surface area contributed by atoms with Crippen LogP contribution in [0, 0.1) is 5.41 Å². The lowest BCUT2D eigenvalue weighted by Crippen LogP contribution is -2.69. The topological polar surface area (TPSA) is 147 Å². The van der Waals surface area contributed by atoms with Gasteiger partial charge in [0.05, 0.1) is 37.7 Å². The van der Waals surface area contributed by atoms with Crippen molar-refractivity contribution in [3.8, 4) is 17.3 Å². The Kier molecular flexibility index (Phi) is 8.35. The highest BCUT2D eigenvalue weighted by Gasteiger charge is 2.54. The molecule has 5 heterocycles. The summed E-state index contributed by atoms with van der Waals surface area (Å²) in [6.07, 6.45) is 4.46. The number of hydrogen-bond donors (Lipinski definition) is 1. The number of rotatable bonds is 12. The van der Waals surface area contributed by atoms with E-state index in [1.165, 1.54) is 0 Å². The molecular weight excluding hydrogens is 526 g/mol. The van der Waals surface area contributed by atoms with Crippen molar-refractivity contribution in [1.29, 1.82) is 0 Å². The van der Waals surface area contributed by atoms with Gasteiger partial charge in [0.25, 0.3) is 12.0 Å². The first-order valence-corrected chi connectivity index (χ1v) is 14.5. The monoisotopic (exact) mass is 563 g/mol. The van der Waals surface area contributed by atoms with Gasteiger partial charge in [0.1, 0.15) is 23.3 Å². The van der Waals surface area contributed by atoms with E-state index in [2.05, 4.69) is 20.5 Å². The number of fused-ring (bicyclic) bond motifs is 4. The molecule has 2 aromatic heterocycles. The van der Waals surface area contributed by atoms with Gasteiger partial charge >= 0.3 is 0 Å². The fourth-order valence-corrected chi connectivity index (χ4v) is 6.10. The third-order valence-corrected chi connectivity index (χ3v) is 8.93. The van der Waals surface area contributed by atoms with Crippen LogP contribution in [-0.4, -0.2) is 64.2 Å². The van der Waals surface area contributed by atoms with Gasteiger partial charge in [-0.3, -0.25) is 14.1 Å². The van der Waals surface area contributed by atoms with E-state index in [1.807, 2.05) is 31.2 Å². The predicted octanol–water partition coefficient (Wildman–Crippen LogP) is 3.72. The number of benzene rings is 1. The Morgan fingerprint density at radius 3 is 2.51 bits per heavy atom. The lowest BCUT2D eigenvalue weighted by molar-refractivity contribution is -0.893. The first kappa shape index (κ1) is 28.7. The number of nitrogens with zero attached hydrogens (tertiary/aromatic N) is 4. The molecular formula is C30H37N5O6. The summed E-state index contributed by atoms with van der Waals surface area (Å²) < 4.78 is 11.6. The summed E-state index contributed by atoms with van der Waals surface area (Å²) in [5.41, 5.74) is 0.585. The number of piperidine rings is 3. The third-order valence-electron chi connectivity index (χ3n) is 8.93. The van der Waals surface area contributed by atoms with Crippen LogP contribution in [0.4, 0.5) is 4.79 Å². The first-order chi connectivity index (χ1) is 19.8. The highest BCUT2D eigenvalue weighted by Crippen LogP contribution is 2.44. The average molecular weight is 564 g/mol. The molecule has 1 aromatic carbocycles. The van der Waals surface area contributed by atoms with Crippen LogP contribution in [0.1, 0.15) is 76.6 Å². The van der Waals surface area contributed by atoms with Crippen LogP contribution in [-0.2, 0) is 9.59 Å². The van der Waals surface area contributed by atoms with Gasteiger partial charge in [0.15, 0.2) is 0 Å². The average Bonchev–Trinajstić information content (AvgIpc) is 3.50. The van der Waals surface area contributed by atoms with Crippen molar-refractivity contribution in [1.82, 2.24) is 20.5 Å². The number of Topliss-reactive ketones (excluding diaryl/α,β-unsaturated/α-hetero) is 1. The normalized spacial score (nSPS) is 22.4. The van der Waals surface area contributed by atoms with Gasteiger partial charge in [0.2, 0.25) is 11.8 Å². The molecule has 41 heavy (non-hydrogen) atoms. The molecule has 218 valence electrons. The number of amides is 2. The van der Waals surface area contributed by atoms with Gasteiger partial charge < -0.3 is 24.4 Å². The van der Waals surface area contributed by atoms with Crippen molar-refractivity contribution in [2.24, 2.45) is 5.41 Å². The van der Waals surface area contributed by atoms with E-state index in [9.17, 15) is 19.5 Å². The molecule has 1 N–H and O–H groups in total. The van der Waals surface area contributed by atoms with Gasteiger partial charge in [-0.15, -0.1) is 10.2 Å². The molecule has 3 aliphatic rings. The minimum Gasteiger partial charge on any atom is -0.498 e. The number of carboxylic acid groups (broad SMARTS) is 1. The van der Waals surface area contributed by atoms with Crippen molar-refractivity contribution in [3.63, 3.8) is 0 Å². The van der Waals surface area contributed by atoms with Crippen LogP contribution in [0.25, 0.3) is 22.5 Å². The summed E-state index contributed by atoms with van der Waals surface area (Å²) in [5.74, 6) is 1.28. The fraction of sp³-hybridized carbons (Fsp3) is 0.533. The summed E-state index contributed by atoms with van der Waals surface area (Å²) in [5, 5.41) is 24.3. The highest BCUT2D eigenvalue weighted by atomic mass is 16.5. The van der Waals surface area contributed by atoms with E-state index in [0.717, 1.165) is 30.2 Å². The zero-order valence-corrected chi connectivity index (χ0v) is 23.7. The Hall–Kier alpha value is -3.86. The number of carbonyl (C=O) groups excluding carboxylic acids is 3. The smallest absolute Gasteiger partial charge is 0.266 e. The maximum absolute atomic E-state index is 13.7. The molecule has 6 rings (SSSR count). The lowest BCUT2D eigenvalue weighted by atomic mass is 9.70. The SMILES string of the molecule is CCC(=O)CCCCC[C@H](NC(=O)C12CC[N+](C(=O)[O-])(CC1)CC2)c1nnc(-c2cc(OC)c3ccccc3n2)o1. The van der Waals surface area contributed by atoms with E-state index in [-0.39, 0.29) is 28.0 Å². The Morgan fingerprint density at radius 2 is 1.83 bits per heavy atom. The van der Waals surface area contributed by atoms with Gasteiger partial charge in [-0.1, -0.05) is 31.9 Å². The summed E-state index contributed by atoms with van der Waals surface area (Å²) in [4.78, 5) is 41.8. The van der Waals surface area contributed by atoms with Crippen LogP contribution in [0.2, 0.25) is 0 Å². The molecule has 1 atom stereocenters. The number of para-hydroxylation sites is 1. The quantitative estimate of drug-likeness (QED) is 0.257. The number of ether oxygens (including phenoxy) is 1. The third kappa shape index (κ3) is 5.81. The molecule has 11 heteroatoms. The van der Waals surface area contributed by atoms with Crippen molar-refractivity contribution in [2.75, 3.05) is 26.7 Å². The van der Waals surface area contributed by atoms with Crippen molar-refractivity contribution >= 4 is 28.7 Å². The van der Waals surface area contributed by atoms with E-state index in [0.29, 0.717) is 69.6 Å². The molecule has 3 fully saturated rings. The number of carbonyl (C=O) groups is 3. The minimum atomic E-state index is -1.06. The molecule has 0 saturated carbocycles. The second-order valence-corrected chi connectivity index (χ2v) is 11.3. The summed E-state index contributed by atoms with van der Waals surface area (Å²) in [6.45, 7) is 3.05. The minimum absolute atomic E-state index is 0.0653. The van der Waals surface area contributed by atoms with Crippen LogP contribution in [0.5, 0.6) is 5.75 Å². The van der Waals surface area contributed by atoms with Gasteiger partial charge in [-0.05, 0) is 25.0 Å². The molecule has 2 amide bonds. The second-order valence-electron chi connectivity index (χ2n) is 11.3. The Bertz CT molecular complexity index is 1410. The number of aromatic nitrogens is 3. The Balaban J connectivity index is 1.35. The number of unbranched alkanes of at least 4 members (excludes halogenated alkanes) is 2. The molecule has 3 aliphatic heterocycles. The summed E-state index contributed by atoms with van der Waals surface area (Å²) in [6, 6.07) is 8.85. The molecule has 0 radical (unpaired) electrons. The van der Waals surface area contributed by atoms with Gasteiger partial charge in [-0.2, -0.15) is 0 Å². The Morgan fingerprint density at radius 1 is 1.10 bits per heavy atom. The molecule has 2 bridgehead atoms. The molecule has 3 saturated heterocycles. The number of hydrogen-bond acceptors (Lipinski definition) is 9. The van der Waals surface area contributed by atoms with E-state index < -0.39 is 17.6 Å². The zero-order chi connectivity index (χ0) is 29.0. The summed E-state index contributed by atoms with van der Waals surface area (Å²) >= 11 is 0. The van der Waals surface area contributed by atoms with E-state index >= 15 is 0 Å². The molecule has 0 spiro atoms. The Labute approximate surface area is 238 Å². The van der Waals surface area contributed by atoms with Gasteiger partial charge in [-0.25, -0.2) is 4.98 Å². The van der Waals surface area contributed by atoms with Crippen LogP contribution >= 0.6 is 0 Å². The number of methoxy groups -OCH3 is 1. The molecule has 3 aromatic rings. The standard InChI is InChI=1S/C30H37N5O6/c1-3-20(36)9-5-4-6-12-23(32-28(37)30-13-16-35(17-14-30,18-15-30)29(38)39)26-33-34-27(41-26)24-19-25(40-2)21-10-7-8-11-22(21)31-24/h7-8,10-11,19,23H,3-6,9,12-18H2,1-2H3,(H-,32,37,38,39)/t23-,30?,35?/m0/s1. The maximum Gasteiger partial charge on any atom is 0.266 e. The largest absolute Gasteiger partial charge is 0.498 e. The predicted molar refractivity (Wildman–Crippen MR) is 147 cm³/mol. The van der Waals surface area contributed by atoms with Crippen LogP contribution in [0.3, 0.4) is 0 Å². The number of ketones is 1. The van der Waals surface area contributed by atoms with E-state index in [1.54, 1.807) is 13.2 Å². The second kappa shape index (κ2) is 11.9. The number of quaternary nitrogens is 1. The van der Waals surface area contributed by atoms with E-state index in [4.69, 9.17) is 9.15 Å². The van der Waals surface area contributed by atoms with Crippen LogP contribution < -0.4 is 15.2 Å². The lowest BCUT2D eigenvalue weighted by Gasteiger charge is -2.53. The fourth-order valence-electron chi connectivity index (χ4n) is 6.10. The first-order valence-electron chi connectivity index (χ1n) is 14.5. The number of pyridine rings is 1. The van der Waals surface area contributed by atoms with Crippen LogP contribution in [0.15, 0.2) is 34.7 Å². The van der Waals surface area contributed by atoms with Crippen molar-refractivity contribution in [3.05, 3.63) is 36.2 Å². The number of nitrogens with one attached hydrogen (secondary N) is 1. The zero-order valence-electron chi connectivity index (χ0n) is 23.7. The van der Waals surface area contributed by atoms with Gasteiger partial charge in [0, 0.05) is 43.6 Å². The maximum atomic E-state index is 13.7. The molecule has 0 unspecified atom stereocenters. The summed E-state index contributed by atoms with van der Waals surface area (Å²) in [7, 11) is 1.59. The molecule has 11 nitrogen and oxygen atoms in total. The van der Waals surface area contributed by atoms with Crippen molar-refractivity contribution < 1.29 is 33.1 Å². The molecule has 0 aliphatic carbocycles.